The van der Waals surface area contributed by atoms with Crippen LogP contribution < -0.4 is 14.8 Å². The molecule has 0 aliphatic heterocycles. The Balaban J connectivity index is 1.65. The summed E-state index contributed by atoms with van der Waals surface area (Å²) in [6, 6.07) is 14.6. The van der Waals surface area contributed by atoms with E-state index < -0.39 is 0 Å². The summed E-state index contributed by atoms with van der Waals surface area (Å²) in [4.78, 5) is 12.4. The van der Waals surface area contributed by atoms with E-state index in [1.807, 2.05) is 24.3 Å². The number of nitrogens with zero attached hydrogens (tertiary/aromatic N) is 2. The molecule has 0 aliphatic carbocycles. The molecule has 0 unspecified atom stereocenters. The van der Waals surface area contributed by atoms with Gasteiger partial charge in [-0.2, -0.15) is 0 Å². The van der Waals surface area contributed by atoms with E-state index in [9.17, 15) is 4.79 Å². The highest BCUT2D eigenvalue weighted by Gasteiger charge is 2.14. The summed E-state index contributed by atoms with van der Waals surface area (Å²) >= 11 is 1.30. The SMILES string of the molecule is CCCCOc1ccc(C(=O)Nc2nnc(-c3ccccc3OC)s2)cc1. The zero-order valence-corrected chi connectivity index (χ0v) is 16.1. The molecule has 2 aromatic carbocycles. The number of carbonyl (C=O) groups is 1. The minimum atomic E-state index is -0.238. The Morgan fingerprint density at radius 1 is 1.11 bits per heavy atom. The third-order valence-electron chi connectivity index (χ3n) is 3.87. The van der Waals surface area contributed by atoms with Crippen molar-refractivity contribution in [2.24, 2.45) is 0 Å². The van der Waals surface area contributed by atoms with E-state index in [1.165, 1.54) is 11.3 Å². The van der Waals surface area contributed by atoms with Crippen LogP contribution in [-0.4, -0.2) is 29.8 Å². The lowest BCUT2D eigenvalue weighted by atomic mass is 10.2. The lowest BCUT2D eigenvalue weighted by molar-refractivity contribution is 0.102. The monoisotopic (exact) mass is 383 g/mol. The topological polar surface area (TPSA) is 73.3 Å². The number of anilines is 1. The van der Waals surface area contributed by atoms with Crippen LogP contribution in [0.25, 0.3) is 10.6 Å². The van der Waals surface area contributed by atoms with Gasteiger partial charge in [0.1, 0.15) is 11.5 Å². The number of ether oxygens (including phenoxy) is 2. The first-order chi connectivity index (χ1) is 13.2. The molecule has 0 aliphatic rings. The molecule has 1 amide bonds. The molecule has 0 atom stereocenters. The van der Waals surface area contributed by atoms with Crippen LogP contribution in [0.2, 0.25) is 0 Å². The minimum absolute atomic E-state index is 0.238. The van der Waals surface area contributed by atoms with Crippen molar-refractivity contribution in [1.29, 1.82) is 0 Å². The van der Waals surface area contributed by atoms with Gasteiger partial charge in [0, 0.05) is 5.56 Å². The van der Waals surface area contributed by atoms with Gasteiger partial charge in [0.15, 0.2) is 5.01 Å². The maximum atomic E-state index is 12.4. The highest BCUT2D eigenvalue weighted by molar-refractivity contribution is 7.18. The number of para-hydroxylation sites is 1. The predicted molar refractivity (Wildman–Crippen MR) is 107 cm³/mol. The molecule has 6 nitrogen and oxygen atoms in total. The van der Waals surface area contributed by atoms with Gasteiger partial charge in [-0.05, 0) is 42.8 Å². The zero-order chi connectivity index (χ0) is 19.1. The fourth-order valence-corrected chi connectivity index (χ4v) is 3.18. The average Bonchev–Trinajstić information content (AvgIpc) is 3.17. The Hall–Kier alpha value is -2.93. The number of carbonyl (C=O) groups excluding carboxylic acids is 1. The molecule has 1 N–H and O–H groups in total. The zero-order valence-electron chi connectivity index (χ0n) is 15.3. The van der Waals surface area contributed by atoms with Crippen molar-refractivity contribution < 1.29 is 14.3 Å². The number of benzene rings is 2. The van der Waals surface area contributed by atoms with Crippen molar-refractivity contribution in [1.82, 2.24) is 10.2 Å². The molecule has 3 aromatic rings. The number of hydrogen-bond acceptors (Lipinski definition) is 6. The normalized spacial score (nSPS) is 10.4. The van der Waals surface area contributed by atoms with Crippen molar-refractivity contribution in [2.45, 2.75) is 19.8 Å². The van der Waals surface area contributed by atoms with E-state index in [1.54, 1.807) is 31.4 Å². The fourth-order valence-electron chi connectivity index (χ4n) is 2.41. The van der Waals surface area contributed by atoms with E-state index >= 15 is 0 Å². The van der Waals surface area contributed by atoms with Crippen LogP contribution in [-0.2, 0) is 0 Å². The van der Waals surface area contributed by atoms with Crippen molar-refractivity contribution in [2.75, 3.05) is 19.0 Å². The molecule has 0 fully saturated rings. The van der Waals surface area contributed by atoms with Crippen molar-refractivity contribution in [3.8, 4) is 22.1 Å². The number of methoxy groups -OCH3 is 1. The highest BCUT2D eigenvalue weighted by atomic mass is 32.1. The van der Waals surface area contributed by atoms with Crippen LogP contribution >= 0.6 is 11.3 Å². The van der Waals surface area contributed by atoms with Crippen LogP contribution in [0, 0.1) is 0 Å². The van der Waals surface area contributed by atoms with Crippen LogP contribution in [0.3, 0.4) is 0 Å². The number of unbranched alkanes of at least 4 members (excludes halogenated alkanes) is 1. The molecule has 7 heteroatoms. The third kappa shape index (κ3) is 4.83. The summed E-state index contributed by atoms with van der Waals surface area (Å²) < 4.78 is 11.0. The molecular weight excluding hydrogens is 362 g/mol. The van der Waals surface area contributed by atoms with Crippen LogP contribution in [0.1, 0.15) is 30.1 Å². The summed E-state index contributed by atoms with van der Waals surface area (Å²) in [7, 11) is 1.61. The maximum absolute atomic E-state index is 12.4. The van der Waals surface area contributed by atoms with Crippen molar-refractivity contribution >= 4 is 22.4 Å². The Morgan fingerprint density at radius 2 is 1.89 bits per heavy atom. The molecule has 27 heavy (non-hydrogen) atoms. The van der Waals surface area contributed by atoms with E-state index in [4.69, 9.17) is 9.47 Å². The first kappa shape index (κ1) is 18.8. The smallest absolute Gasteiger partial charge is 0.257 e. The first-order valence-electron chi connectivity index (χ1n) is 8.72. The molecule has 0 spiro atoms. The van der Waals surface area contributed by atoms with Crippen molar-refractivity contribution in [3.63, 3.8) is 0 Å². The standard InChI is InChI=1S/C20H21N3O3S/c1-3-4-13-26-15-11-9-14(10-12-15)18(24)21-20-23-22-19(27-20)16-7-5-6-8-17(16)25-2/h5-12H,3-4,13H2,1-2H3,(H,21,23,24). The number of rotatable bonds is 8. The van der Waals surface area contributed by atoms with Gasteiger partial charge in [0.25, 0.3) is 5.91 Å². The van der Waals surface area contributed by atoms with Crippen molar-refractivity contribution in [3.05, 3.63) is 54.1 Å². The Bertz CT molecular complexity index is 893. The second-order valence-electron chi connectivity index (χ2n) is 5.79. The molecule has 0 bridgehead atoms. The number of aromatic nitrogens is 2. The number of hydrogen-bond donors (Lipinski definition) is 1. The van der Waals surface area contributed by atoms with E-state index in [2.05, 4.69) is 22.4 Å². The summed E-state index contributed by atoms with van der Waals surface area (Å²) in [6.45, 7) is 2.79. The molecule has 0 saturated heterocycles. The highest BCUT2D eigenvalue weighted by Crippen LogP contribution is 2.33. The van der Waals surface area contributed by atoms with E-state index in [0.29, 0.717) is 28.1 Å². The maximum Gasteiger partial charge on any atom is 0.257 e. The van der Waals surface area contributed by atoms with Gasteiger partial charge in [-0.3, -0.25) is 10.1 Å². The van der Waals surface area contributed by atoms with E-state index in [-0.39, 0.29) is 5.91 Å². The third-order valence-corrected chi connectivity index (χ3v) is 4.74. The largest absolute Gasteiger partial charge is 0.496 e. The molecule has 0 saturated carbocycles. The average molecular weight is 383 g/mol. The number of nitrogens with one attached hydrogen (secondary N) is 1. The lowest BCUT2D eigenvalue weighted by Crippen LogP contribution is -2.11. The van der Waals surface area contributed by atoms with Crippen LogP contribution in [0.4, 0.5) is 5.13 Å². The fraction of sp³-hybridized carbons (Fsp3) is 0.250. The Labute approximate surface area is 162 Å². The molecule has 1 heterocycles. The lowest BCUT2D eigenvalue weighted by Gasteiger charge is -2.06. The molecule has 0 radical (unpaired) electrons. The summed E-state index contributed by atoms with van der Waals surface area (Å²) in [5.74, 6) is 1.23. The predicted octanol–water partition coefficient (Wildman–Crippen LogP) is 4.64. The summed E-state index contributed by atoms with van der Waals surface area (Å²) in [6.07, 6.45) is 2.09. The van der Waals surface area contributed by atoms with Gasteiger partial charge in [0.05, 0.1) is 19.3 Å². The van der Waals surface area contributed by atoms with Crippen LogP contribution in [0.15, 0.2) is 48.5 Å². The molecule has 3 rings (SSSR count). The quantitative estimate of drug-likeness (QED) is 0.574. The van der Waals surface area contributed by atoms with Gasteiger partial charge >= 0.3 is 0 Å². The van der Waals surface area contributed by atoms with Gasteiger partial charge in [-0.1, -0.05) is 36.8 Å². The summed E-state index contributed by atoms with van der Waals surface area (Å²) in [5, 5.41) is 12.1. The molecule has 1 aromatic heterocycles. The first-order valence-corrected chi connectivity index (χ1v) is 9.54. The molecule has 140 valence electrons. The Morgan fingerprint density at radius 3 is 2.63 bits per heavy atom. The van der Waals surface area contributed by atoms with E-state index in [0.717, 1.165) is 24.2 Å². The Kier molecular flexibility index (Phi) is 6.38. The van der Waals surface area contributed by atoms with Gasteiger partial charge in [0.2, 0.25) is 5.13 Å². The van der Waals surface area contributed by atoms with Gasteiger partial charge < -0.3 is 9.47 Å². The van der Waals surface area contributed by atoms with Crippen LogP contribution in [0.5, 0.6) is 11.5 Å². The summed E-state index contributed by atoms with van der Waals surface area (Å²) in [5.41, 5.74) is 1.37. The number of amides is 1. The molecular formula is C20H21N3O3S. The minimum Gasteiger partial charge on any atom is -0.496 e. The second-order valence-corrected chi connectivity index (χ2v) is 6.77. The van der Waals surface area contributed by atoms with Gasteiger partial charge in [-0.25, -0.2) is 0 Å². The van der Waals surface area contributed by atoms with Gasteiger partial charge in [-0.15, -0.1) is 10.2 Å². The second kappa shape index (κ2) is 9.14.